The molecule has 2 heterocycles. The molecule has 1 saturated heterocycles. The van der Waals surface area contributed by atoms with Crippen LogP contribution in [0.4, 0.5) is 0 Å². The number of fused-ring (bicyclic) bond motifs is 1. The second-order valence-corrected chi connectivity index (χ2v) is 8.54. The van der Waals surface area contributed by atoms with Gasteiger partial charge in [0.2, 0.25) is 15.9 Å². The molecule has 1 fully saturated rings. The Kier molecular flexibility index (Phi) is 5.88. The quantitative estimate of drug-likeness (QED) is 0.778. The van der Waals surface area contributed by atoms with E-state index in [1.54, 1.807) is 35.5 Å². The lowest BCUT2D eigenvalue weighted by Crippen LogP contribution is -2.44. The molecule has 0 saturated carbocycles. The van der Waals surface area contributed by atoms with Crippen molar-refractivity contribution in [3.8, 4) is 0 Å². The van der Waals surface area contributed by atoms with Crippen molar-refractivity contribution in [3.63, 3.8) is 0 Å². The maximum atomic E-state index is 13.3. The highest BCUT2D eigenvalue weighted by molar-refractivity contribution is 7.89. The van der Waals surface area contributed by atoms with Crippen LogP contribution in [0.25, 0.3) is 10.8 Å². The largest absolute Gasteiger partial charge is 0.342 e. The molecule has 0 unspecified atom stereocenters. The van der Waals surface area contributed by atoms with Crippen molar-refractivity contribution in [1.82, 2.24) is 14.2 Å². The number of aromatic nitrogens is 1. The number of rotatable bonds is 6. The van der Waals surface area contributed by atoms with Crippen molar-refractivity contribution in [1.29, 1.82) is 0 Å². The van der Waals surface area contributed by atoms with Crippen molar-refractivity contribution in [2.45, 2.75) is 37.5 Å². The summed E-state index contributed by atoms with van der Waals surface area (Å²) in [5.41, 5.74) is 0. The summed E-state index contributed by atoms with van der Waals surface area (Å²) in [5.74, 6) is -0.108. The molecule has 1 aliphatic heterocycles. The Morgan fingerprint density at radius 3 is 2.69 bits per heavy atom. The minimum Gasteiger partial charge on any atom is -0.342 e. The zero-order chi connectivity index (χ0) is 18.6. The maximum absolute atomic E-state index is 13.3. The number of pyridine rings is 1. The van der Waals surface area contributed by atoms with Crippen LogP contribution in [0.3, 0.4) is 0 Å². The second-order valence-electron chi connectivity index (χ2n) is 6.63. The van der Waals surface area contributed by atoms with Gasteiger partial charge in [-0.15, -0.1) is 0 Å². The Morgan fingerprint density at radius 2 is 1.96 bits per heavy atom. The lowest BCUT2D eigenvalue weighted by molar-refractivity contribution is -0.132. The SMILES string of the molecule is CCCN(CC(=O)N1CCCCC1)S(=O)(=O)c1cccc2cnccc12. The van der Waals surface area contributed by atoms with Gasteiger partial charge in [0.15, 0.2) is 0 Å². The summed E-state index contributed by atoms with van der Waals surface area (Å²) in [5, 5.41) is 1.40. The van der Waals surface area contributed by atoms with E-state index in [1.165, 1.54) is 4.31 Å². The van der Waals surface area contributed by atoms with Gasteiger partial charge in [0.1, 0.15) is 0 Å². The molecule has 1 aromatic carbocycles. The fraction of sp³-hybridized carbons (Fsp3) is 0.474. The first-order valence-electron chi connectivity index (χ1n) is 9.14. The lowest BCUT2D eigenvalue weighted by Gasteiger charge is -2.29. The van der Waals surface area contributed by atoms with Crippen LogP contribution in [0.15, 0.2) is 41.6 Å². The minimum absolute atomic E-state index is 0.0996. The van der Waals surface area contributed by atoms with Gasteiger partial charge in [0, 0.05) is 42.8 Å². The fourth-order valence-electron chi connectivity index (χ4n) is 3.38. The number of piperidine rings is 1. The van der Waals surface area contributed by atoms with Gasteiger partial charge in [0.25, 0.3) is 0 Å². The number of carbonyl (C=O) groups excluding carboxylic acids is 1. The summed E-state index contributed by atoms with van der Waals surface area (Å²) in [6, 6.07) is 6.86. The molecule has 0 atom stereocenters. The molecule has 0 N–H and O–H groups in total. The van der Waals surface area contributed by atoms with Crippen molar-refractivity contribution in [2.24, 2.45) is 0 Å². The lowest BCUT2D eigenvalue weighted by atomic mass is 10.1. The van der Waals surface area contributed by atoms with Crippen LogP contribution in [-0.2, 0) is 14.8 Å². The molecule has 140 valence electrons. The van der Waals surface area contributed by atoms with Gasteiger partial charge in [0.05, 0.1) is 11.4 Å². The zero-order valence-electron chi connectivity index (χ0n) is 15.1. The van der Waals surface area contributed by atoms with Gasteiger partial charge < -0.3 is 4.90 Å². The highest BCUT2D eigenvalue weighted by Crippen LogP contribution is 2.25. The Hall–Kier alpha value is -1.99. The molecule has 1 amide bonds. The summed E-state index contributed by atoms with van der Waals surface area (Å²) >= 11 is 0. The first-order valence-corrected chi connectivity index (χ1v) is 10.6. The van der Waals surface area contributed by atoms with Crippen molar-refractivity contribution in [3.05, 3.63) is 36.7 Å². The summed E-state index contributed by atoms with van der Waals surface area (Å²) in [7, 11) is -3.77. The van der Waals surface area contributed by atoms with Crippen LogP contribution in [0.2, 0.25) is 0 Å². The van der Waals surface area contributed by atoms with E-state index in [1.807, 2.05) is 13.0 Å². The van der Waals surface area contributed by atoms with Crippen LogP contribution in [0.1, 0.15) is 32.6 Å². The van der Waals surface area contributed by atoms with Crippen LogP contribution < -0.4 is 0 Å². The van der Waals surface area contributed by atoms with E-state index in [0.717, 1.165) is 37.7 Å². The molecular weight excluding hydrogens is 350 g/mol. The summed E-state index contributed by atoms with van der Waals surface area (Å²) < 4.78 is 27.9. The molecule has 0 radical (unpaired) electrons. The molecular formula is C19H25N3O3S. The van der Waals surface area contributed by atoms with E-state index in [4.69, 9.17) is 0 Å². The monoisotopic (exact) mass is 375 g/mol. The number of sulfonamides is 1. The summed E-state index contributed by atoms with van der Waals surface area (Å²) in [6.07, 6.45) is 7.00. The van der Waals surface area contributed by atoms with E-state index in [2.05, 4.69) is 4.98 Å². The third-order valence-corrected chi connectivity index (χ3v) is 6.66. The highest BCUT2D eigenvalue weighted by atomic mass is 32.2. The van der Waals surface area contributed by atoms with E-state index in [0.29, 0.717) is 18.4 Å². The first-order chi connectivity index (χ1) is 12.5. The van der Waals surface area contributed by atoms with E-state index >= 15 is 0 Å². The first kappa shape index (κ1) is 18.8. The van der Waals surface area contributed by atoms with Gasteiger partial charge in [-0.3, -0.25) is 9.78 Å². The normalized spacial score (nSPS) is 15.5. The van der Waals surface area contributed by atoms with Crippen LogP contribution in [0, 0.1) is 0 Å². The summed E-state index contributed by atoms with van der Waals surface area (Å²) in [4.78, 5) is 18.7. The maximum Gasteiger partial charge on any atom is 0.244 e. The second kappa shape index (κ2) is 8.14. The third kappa shape index (κ3) is 3.88. The fourth-order valence-corrected chi connectivity index (χ4v) is 5.08. The topological polar surface area (TPSA) is 70.6 Å². The standard InChI is InChI=1S/C19H25N3O3S/c1-2-11-22(15-19(23)21-12-4-3-5-13-21)26(24,25)18-8-6-7-16-14-20-10-9-17(16)18/h6-10,14H,2-5,11-13,15H2,1H3. The number of amides is 1. The molecule has 1 aromatic heterocycles. The third-order valence-electron chi connectivity index (χ3n) is 4.75. The molecule has 7 heteroatoms. The van der Waals surface area contributed by atoms with Crippen molar-refractivity contribution in [2.75, 3.05) is 26.2 Å². The number of likely N-dealkylation sites (tertiary alicyclic amines) is 1. The predicted octanol–water partition coefficient (Wildman–Crippen LogP) is 2.65. The zero-order valence-corrected chi connectivity index (χ0v) is 15.9. The number of hydrogen-bond donors (Lipinski definition) is 0. The Morgan fingerprint density at radius 1 is 1.19 bits per heavy atom. The molecule has 0 aliphatic carbocycles. The molecule has 1 aliphatic rings. The van der Waals surface area contributed by atoms with Gasteiger partial charge in [-0.05, 0) is 37.8 Å². The van der Waals surface area contributed by atoms with Gasteiger partial charge >= 0.3 is 0 Å². The molecule has 0 spiro atoms. The highest BCUT2D eigenvalue weighted by Gasteiger charge is 2.29. The molecule has 0 bridgehead atoms. The van der Waals surface area contributed by atoms with Gasteiger partial charge in [-0.25, -0.2) is 8.42 Å². The molecule has 2 aromatic rings. The number of hydrogen-bond acceptors (Lipinski definition) is 4. The average Bonchev–Trinajstić information content (AvgIpc) is 2.67. The number of carbonyl (C=O) groups is 1. The predicted molar refractivity (Wildman–Crippen MR) is 101 cm³/mol. The number of benzene rings is 1. The van der Waals surface area contributed by atoms with Crippen LogP contribution in [0.5, 0.6) is 0 Å². The van der Waals surface area contributed by atoms with Gasteiger partial charge in [-0.1, -0.05) is 19.1 Å². The van der Waals surface area contributed by atoms with Crippen LogP contribution >= 0.6 is 0 Å². The van der Waals surface area contributed by atoms with Gasteiger partial charge in [-0.2, -0.15) is 4.31 Å². The van der Waals surface area contributed by atoms with E-state index in [9.17, 15) is 13.2 Å². The van der Waals surface area contributed by atoms with E-state index in [-0.39, 0.29) is 17.3 Å². The average molecular weight is 375 g/mol. The van der Waals surface area contributed by atoms with Crippen molar-refractivity contribution >= 4 is 26.7 Å². The molecule has 6 nitrogen and oxygen atoms in total. The Balaban J connectivity index is 1.91. The summed E-state index contributed by atoms with van der Waals surface area (Å²) in [6.45, 7) is 3.58. The van der Waals surface area contributed by atoms with Crippen LogP contribution in [-0.4, -0.2) is 54.7 Å². The molecule has 26 heavy (non-hydrogen) atoms. The van der Waals surface area contributed by atoms with Crippen molar-refractivity contribution < 1.29 is 13.2 Å². The minimum atomic E-state index is -3.77. The number of nitrogens with zero attached hydrogens (tertiary/aromatic N) is 3. The van der Waals surface area contributed by atoms with E-state index < -0.39 is 10.0 Å². The smallest absolute Gasteiger partial charge is 0.244 e. The molecule has 3 rings (SSSR count). The Bertz CT molecular complexity index is 871. The Labute approximate surface area is 154 Å².